The molecule has 0 aromatic heterocycles. The Balaban J connectivity index is 2.35. The highest BCUT2D eigenvalue weighted by Crippen LogP contribution is 2.31. The van der Waals surface area contributed by atoms with Crippen molar-refractivity contribution in [3.8, 4) is 17.2 Å². The number of aromatic hydroxyl groups is 3. The number of ketones is 1. The Kier molecular flexibility index (Phi) is 5.26. The zero-order valence-electron chi connectivity index (χ0n) is 13.5. The molecule has 0 saturated heterocycles. The highest BCUT2D eigenvalue weighted by Gasteiger charge is 2.23. The molecular formula is C19H20O5. The third-order valence-electron chi connectivity index (χ3n) is 3.65. The first kappa shape index (κ1) is 17.6. The second-order valence-electron chi connectivity index (χ2n) is 5.84. The summed E-state index contributed by atoms with van der Waals surface area (Å²) in [5.74, 6) is -1.16. The van der Waals surface area contributed by atoms with Gasteiger partial charge in [0.1, 0.15) is 23.4 Å². The summed E-state index contributed by atoms with van der Waals surface area (Å²) in [6.07, 6.45) is 0.818. The van der Waals surface area contributed by atoms with Gasteiger partial charge in [-0.1, -0.05) is 23.8 Å². The van der Waals surface area contributed by atoms with Crippen LogP contribution >= 0.6 is 0 Å². The summed E-state index contributed by atoms with van der Waals surface area (Å²) < 4.78 is 0. The van der Waals surface area contributed by atoms with Crippen molar-refractivity contribution in [3.63, 3.8) is 0 Å². The van der Waals surface area contributed by atoms with Gasteiger partial charge in [0.25, 0.3) is 0 Å². The number of aliphatic hydroxyl groups is 1. The number of allylic oxidation sites excluding steroid dienone is 2. The van der Waals surface area contributed by atoms with Gasteiger partial charge in [0, 0.05) is 6.07 Å². The first-order chi connectivity index (χ1) is 11.3. The molecule has 0 aliphatic rings. The van der Waals surface area contributed by atoms with E-state index in [1.54, 1.807) is 0 Å². The van der Waals surface area contributed by atoms with E-state index in [4.69, 9.17) is 0 Å². The summed E-state index contributed by atoms with van der Waals surface area (Å²) in [5.41, 5.74) is 1.77. The van der Waals surface area contributed by atoms with Crippen LogP contribution in [-0.4, -0.2) is 26.2 Å². The fraction of sp³-hybridized carbons (Fsp3) is 0.211. The number of hydrogen-bond donors (Lipinski definition) is 4. The predicted octanol–water partition coefficient (Wildman–Crippen LogP) is 3.23. The summed E-state index contributed by atoms with van der Waals surface area (Å²) in [6, 6.07) is 8.07. The van der Waals surface area contributed by atoms with Gasteiger partial charge in [0.2, 0.25) is 0 Å². The SMILES string of the molecule is CC(C)=CCc1cc(C(=O)C(O)c2ccc(O)cc2)c(O)cc1O. The lowest BCUT2D eigenvalue weighted by molar-refractivity contribution is 0.0744. The van der Waals surface area contributed by atoms with E-state index in [-0.39, 0.29) is 17.1 Å². The van der Waals surface area contributed by atoms with Crippen LogP contribution < -0.4 is 0 Å². The van der Waals surface area contributed by atoms with E-state index < -0.39 is 17.6 Å². The van der Waals surface area contributed by atoms with Crippen LogP contribution in [0.4, 0.5) is 0 Å². The van der Waals surface area contributed by atoms with Crippen LogP contribution in [0.5, 0.6) is 17.2 Å². The molecule has 2 rings (SSSR count). The van der Waals surface area contributed by atoms with Gasteiger partial charge in [-0.3, -0.25) is 4.79 Å². The zero-order chi connectivity index (χ0) is 17.9. The minimum Gasteiger partial charge on any atom is -0.508 e. The molecule has 4 N–H and O–H groups in total. The van der Waals surface area contributed by atoms with Crippen LogP contribution in [0.1, 0.15) is 41.4 Å². The Labute approximate surface area is 140 Å². The van der Waals surface area contributed by atoms with Crippen molar-refractivity contribution < 1.29 is 25.2 Å². The van der Waals surface area contributed by atoms with Crippen LogP contribution in [0, 0.1) is 0 Å². The summed E-state index contributed by atoms with van der Waals surface area (Å²) in [7, 11) is 0. The third-order valence-corrected chi connectivity index (χ3v) is 3.65. The van der Waals surface area contributed by atoms with Crippen LogP contribution in [-0.2, 0) is 6.42 Å². The maximum atomic E-state index is 12.5. The molecule has 5 heteroatoms. The molecule has 0 aliphatic heterocycles. The average molecular weight is 328 g/mol. The maximum Gasteiger partial charge on any atom is 0.199 e. The highest BCUT2D eigenvalue weighted by molar-refractivity contribution is 6.02. The molecular weight excluding hydrogens is 308 g/mol. The first-order valence-corrected chi connectivity index (χ1v) is 7.49. The minimum absolute atomic E-state index is 0.0230. The van der Waals surface area contributed by atoms with E-state index in [1.807, 2.05) is 19.9 Å². The first-order valence-electron chi connectivity index (χ1n) is 7.49. The number of phenols is 3. The molecule has 0 bridgehead atoms. The minimum atomic E-state index is -1.47. The van der Waals surface area contributed by atoms with Crippen molar-refractivity contribution >= 4 is 5.78 Å². The quantitative estimate of drug-likeness (QED) is 0.499. The van der Waals surface area contributed by atoms with Crippen LogP contribution in [0.3, 0.4) is 0 Å². The van der Waals surface area contributed by atoms with Crippen molar-refractivity contribution in [2.75, 3.05) is 0 Å². The van der Waals surface area contributed by atoms with E-state index in [0.717, 1.165) is 11.6 Å². The van der Waals surface area contributed by atoms with Gasteiger partial charge < -0.3 is 20.4 Å². The molecule has 0 fully saturated rings. The molecule has 0 aliphatic carbocycles. The normalized spacial score (nSPS) is 11.8. The number of carbonyl (C=O) groups is 1. The van der Waals surface area contributed by atoms with Crippen LogP contribution in [0.25, 0.3) is 0 Å². The summed E-state index contributed by atoms with van der Waals surface area (Å²) in [4.78, 5) is 12.5. The number of phenolic OH excluding ortho intramolecular Hbond substituents is 3. The lowest BCUT2D eigenvalue weighted by atomic mass is 9.96. The Morgan fingerprint density at radius 1 is 1.04 bits per heavy atom. The topological polar surface area (TPSA) is 98.0 Å². The van der Waals surface area contributed by atoms with Gasteiger partial charge in [0.05, 0.1) is 5.56 Å². The lowest BCUT2D eigenvalue weighted by Gasteiger charge is -2.13. The Morgan fingerprint density at radius 3 is 2.25 bits per heavy atom. The second-order valence-corrected chi connectivity index (χ2v) is 5.84. The Hall–Kier alpha value is -2.79. The smallest absolute Gasteiger partial charge is 0.199 e. The number of aliphatic hydroxyl groups excluding tert-OH is 1. The molecule has 5 nitrogen and oxygen atoms in total. The van der Waals surface area contributed by atoms with E-state index in [1.165, 1.54) is 30.3 Å². The average Bonchev–Trinajstić information content (AvgIpc) is 2.53. The van der Waals surface area contributed by atoms with Crippen molar-refractivity contribution in [3.05, 3.63) is 64.7 Å². The third kappa shape index (κ3) is 3.94. The monoisotopic (exact) mass is 328 g/mol. The van der Waals surface area contributed by atoms with Gasteiger partial charge in [-0.25, -0.2) is 0 Å². The van der Waals surface area contributed by atoms with E-state index >= 15 is 0 Å². The van der Waals surface area contributed by atoms with E-state index in [2.05, 4.69) is 0 Å². The van der Waals surface area contributed by atoms with Crippen molar-refractivity contribution in [1.82, 2.24) is 0 Å². The maximum absolute atomic E-state index is 12.5. The second kappa shape index (κ2) is 7.19. The fourth-order valence-electron chi connectivity index (χ4n) is 2.25. The molecule has 24 heavy (non-hydrogen) atoms. The molecule has 0 spiro atoms. The molecule has 126 valence electrons. The predicted molar refractivity (Wildman–Crippen MR) is 90.3 cm³/mol. The van der Waals surface area contributed by atoms with E-state index in [9.17, 15) is 25.2 Å². The van der Waals surface area contributed by atoms with Crippen molar-refractivity contribution in [2.24, 2.45) is 0 Å². The largest absolute Gasteiger partial charge is 0.508 e. The Morgan fingerprint density at radius 2 is 1.67 bits per heavy atom. The molecule has 1 unspecified atom stereocenters. The molecule has 0 saturated carbocycles. The number of benzene rings is 2. The number of Topliss-reactive ketones (excluding diaryl/α,β-unsaturated/α-hetero) is 1. The van der Waals surface area contributed by atoms with Crippen molar-refractivity contribution in [2.45, 2.75) is 26.4 Å². The van der Waals surface area contributed by atoms with Gasteiger partial charge in [-0.05, 0) is 49.6 Å². The number of rotatable bonds is 5. The number of hydrogen-bond acceptors (Lipinski definition) is 5. The zero-order valence-corrected chi connectivity index (χ0v) is 13.5. The highest BCUT2D eigenvalue weighted by atomic mass is 16.3. The lowest BCUT2D eigenvalue weighted by Crippen LogP contribution is -2.13. The molecule has 2 aromatic rings. The number of carbonyl (C=O) groups excluding carboxylic acids is 1. The fourth-order valence-corrected chi connectivity index (χ4v) is 2.25. The van der Waals surface area contributed by atoms with Crippen LogP contribution in [0.2, 0.25) is 0 Å². The summed E-state index contributed by atoms with van der Waals surface area (Å²) in [6.45, 7) is 3.83. The summed E-state index contributed by atoms with van der Waals surface area (Å²) in [5, 5.41) is 39.4. The van der Waals surface area contributed by atoms with Gasteiger partial charge in [-0.15, -0.1) is 0 Å². The molecule has 2 aromatic carbocycles. The Bertz CT molecular complexity index is 771. The standard InChI is InChI=1S/C19H20O5/c1-11(2)3-4-13-9-15(17(22)10-16(13)21)19(24)18(23)12-5-7-14(20)8-6-12/h3,5-10,18,20-23H,4H2,1-2H3. The molecule has 1 atom stereocenters. The molecule has 0 amide bonds. The summed E-state index contributed by atoms with van der Waals surface area (Å²) >= 11 is 0. The molecule has 0 heterocycles. The van der Waals surface area contributed by atoms with Crippen molar-refractivity contribution in [1.29, 1.82) is 0 Å². The van der Waals surface area contributed by atoms with Gasteiger partial charge in [0.15, 0.2) is 5.78 Å². The molecule has 0 radical (unpaired) electrons. The van der Waals surface area contributed by atoms with Gasteiger partial charge in [-0.2, -0.15) is 0 Å². The van der Waals surface area contributed by atoms with Crippen LogP contribution in [0.15, 0.2) is 48.0 Å². The van der Waals surface area contributed by atoms with E-state index in [0.29, 0.717) is 17.5 Å². The van der Waals surface area contributed by atoms with Gasteiger partial charge >= 0.3 is 0 Å².